The summed E-state index contributed by atoms with van der Waals surface area (Å²) in [5.74, 6) is 0.0448. The van der Waals surface area contributed by atoms with Crippen molar-refractivity contribution in [3.8, 4) is 11.5 Å². The monoisotopic (exact) mass is 491 g/mol. The Morgan fingerprint density at radius 1 is 0.972 bits per heavy atom. The summed E-state index contributed by atoms with van der Waals surface area (Å²) in [7, 11) is 0. The highest BCUT2D eigenvalue weighted by molar-refractivity contribution is 6.44. The standard InChI is InChI=1S/C27H29N3O6/c1-18(19-7-8-23-24(15-19)36-12-4-11-35-23)28-25(31)17-30-16-21(20-5-2-3-6-22(20)30)26(32)27(33)29-9-13-34-14-10-29/h2-3,5-8,15-16,18H,4,9-14,17H2,1H3,(H,28,31)/t18-/m0/s1. The molecule has 5 rings (SSSR count). The van der Waals surface area contributed by atoms with E-state index in [0.29, 0.717) is 67.5 Å². The van der Waals surface area contributed by atoms with Crippen LogP contribution in [0.4, 0.5) is 0 Å². The molecule has 0 aliphatic carbocycles. The van der Waals surface area contributed by atoms with E-state index in [2.05, 4.69) is 5.32 Å². The van der Waals surface area contributed by atoms with E-state index in [1.807, 2.05) is 43.3 Å². The van der Waals surface area contributed by atoms with E-state index in [4.69, 9.17) is 14.2 Å². The van der Waals surface area contributed by atoms with E-state index >= 15 is 0 Å². The van der Waals surface area contributed by atoms with Crippen molar-refractivity contribution in [2.24, 2.45) is 0 Å². The van der Waals surface area contributed by atoms with Crippen molar-refractivity contribution in [2.75, 3.05) is 39.5 Å². The second-order valence-electron chi connectivity index (χ2n) is 8.97. The van der Waals surface area contributed by atoms with Crippen LogP contribution in [0.1, 0.15) is 35.3 Å². The summed E-state index contributed by atoms with van der Waals surface area (Å²) in [6.07, 6.45) is 2.42. The number of carbonyl (C=O) groups is 3. The lowest BCUT2D eigenvalue weighted by Crippen LogP contribution is -2.44. The number of nitrogens with one attached hydrogen (secondary N) is 1. The van der Waals surface area contributed by atoms with Gasteiger partial charge >= 0.3 is 0 Å². The third-order valence-corrected chi connectivity index (χ3v) is 6.49. The highest BCUT2D eigenvalue weighted by atomic mass is 16.5. The van der Waals surface area contributed by atoms with Gasteiger partial charge in [-0.3, -0.25) is 14.4 Å². The van der Waals surface area contributed by atoms with E-state index in [1.54, 1.807) is 16.8 Å². The number of nitrogens with zero attached hydrogens (tertiary/aromatic N) is 2. The average molecular weight is 492 g/mol. The van der Waals surface area contributed by atoms with E-state index in [1.165, 1.54) is 4.90 Å². The van der Waals surface area contributed by atoms with Crippen LogP contribution in [0.2, 0.25) is 0 Å². The second kappa shape index (κ2) is 10.4. The second-order valence-corrected chi connectivity index (χ2v) is 8.97. The van der Waals surface area contributed by atoms with Gasteiger partial charge in [0.2, 0.25) is 5.91 Å². The summed E-state index contributed by atoms with van der Waals surface area (Å²) in [4.78, 5) is 40.4. The van der Waals surface area contributed by atoms with Crippen molar-refractivity contribution in [1.82, 2.24) is 14.8 Å². The summed E-state index contributed by atoms with van der Waals surface area (Å²) < 4.78 is 18.4. The maximum absolute atomic E-state index is 13.1. The first-order chi connectivity index (χ1) is 17.5. The van der Waals surface area contributed by atoms with Crippen LogP contribution in [-0.2, 0) is 20.9 Å². The molecule has 9 nitrogen and oxygen atoms in total. The van der Waals surface area contributed by atoms with Gasteiger partial charge in [-0.1, -0.05) is 24.3 Å². The molecule has 1 aromatic heterocycles. The van der Waals surface area contributed by atoms with Gasteiger partial charge in [0.15, 0.2) is 11.5 Å². The molecule has 0 bridgehead atoms. The molecule has 1 atom stereocenters. The zero-order chi connectivity index (χ0) is 25.1. The minimum atomic E-state index is -0.576. The Hall–Kier alpha value is -3.85. The van der Waals surface area contributed by atoms with Crippen LogP contribution in [-0.4, -0.2) is 66.6 Å². The number of amides is 2. The van der Waals surface area contributed by atoms with Crippen LogP contribution in [0.5, 0.6) is 11.5 Å². The molecule has 3 heterocycles. The number of ether oxygens (including phenoxy) is 3. The lowest BCUT2D eigenvalue weighted by atomic mass is 10.1. The van der Waals surface area contributed by atoms with Gasteiger partial charge in [0.05, 0.1) is 38.0 Å². The molecule has 2 aromatic carbocycles. The Bertz CT molecular complexity index is 1290. The zero-order valence-corrected chi connectivity index (χ0v) is 20.2. The summed E-state index contributed by atoms with van der Waals surface area (Å²) >= 11 is 0. The number of hydrogen-bond acceptors (Lipinski definition) is 6. The summed E-state index contributed by atoms with van der Waals surface area (Å²) in [6, 6.07) is 12.7. The average Bonchev–Trinajstić information content (AvgIpc) is 3.09. The Labute approximate surface area is 208 Å². The molecule has 1 fully saturated rings. The predicted octanol–water partition coefficient (Wildman–Crippen LogP) is 2.72. The molecule has 0 unspecified atom stereocenters. The quantitative estimate of drug-likeness (QED) is 0.421. The number of benzene rings is 2. The molecule has 2 aliphatic rings. The van der Waals surface area contributed by atoms with Crippen molar-refractivity contribution in [3.63, 3.8) is 0 Å². The smallest absolute Gasteiger partial charge is 0.295 e. The minimum absolute atomic E-state index is 0.00836. The molecular formula is C27H29N3O6. The van der Waals surface area contributed by atoms with Crippen molar-refractivity contribution < 1.29 is 28.6 Å². The number of carbonyl (C=O) groups excluding carboxylic acids is 3. The number of morpholine rings is 1. The molecule has 1 N–H and O–H groups in total. The van der Waals surface area contributed by atoms with Crippen LogP contribution in [0.25, 0.3) is 10.9 Å². The minimum Gasteiger partial charge on any atom is -0.490 e. The molecule has 2 amide bonds. The van der Waals surface area contributed by atoms with E-state index < -0.39 is 11.7 Å². The van der Waals surface area contributed by atoms with Crippen LogP contribution in [0, 0.1) is 0 Å². The maximum atomic E-state index is 13.1. The molecule has 9 heteroatoms. The topological polar surface area (TPSA) is 99.1 Å². The molecule has 0 radical (unpaired) electrons. The maximum Gasteiger partial charge on any atom is 0.295 e. The Balaban J connectivity index is 1.31. The summed E-state index contributed by atoms with van der Waals surface area (Å²) in [6.45, 7) is 4.74. The fourth-order valence-corrected chi connectivity index (χ4v) is 4.56. The first-order valence-electron chi connectivity index (χ1n) is 12.2. The number of para-hydroxylation sites is 1. The SMILES string of the molecule is C[C@H](NC(=O)Cn1cc(C(=O)C(=O)N2CCOCC2)c2ccccc21)c1ccc2c(c1)OCCCO2. The third-order valence-electron chi connectivity index (χ3n) is 6.49. The first-order valence-corrected chi connectivity index (χ1v) is 12.2. The van der Waals surface area contributed by atoms with Crippen LogP contribution >= 0.6 is 0 Å². The Kier molecular flexibility index (Phi) is 6.90. The number of hydrogen-bond donors (Lipinski definition) is 1. The number of Topliss-reactive ketones (excluding diaryl/α,β-unsaturated/α-hetero) is 1. The number of fused-ring (bicyclic) bond motifs is 2. The molecule has 0 saturated carbocycles. The van der Waals surface area contributed by atoms with Gasteiger partial charge in [-0.25, -0.2) is 0 Å². The van der Waals surface area contributed by atoms with Crippen molar-refractivity contribution >= 4 is 28.5 Å². The zero-order valence-electron chi connectivity index (χ0n) is 20.2. The summed E-state index contributed by atoms with van der Waals surface area (Å²) in [5.41, 5.74) is 1.91. The normalized spacial score (nSPS) is 16.3. The third kappa shape index (κ3) is 4.92. The predicted molar refractivity (Wildman–Crippen MR) is 132 cm³/mol. The van der Waals surface area contributed by atoms with Crippen molar-refractivity contribution in [3.05, 3.63) is 59.8 Å². The van der Waals surface area contributed by atoms with Gasteiger partial charge in [0, 0.05) is 36.6 Å². The Morgan fingerprint density at radius 2 is 1.72 bits per heavy atom. The van der Waals surface area contributed by atoms with Gasteiger partial charge in [0.1, 0.15) is 6.54 Å². The molecule has 188 valence electrons. The summed E-state index contributed by atoms with van der Waals surface area (Å²) in [5, 5.41) is 3.66. The lowest BCUT2D eigenvalue weighted by molar-refractivity contribution is -0.130. The van der Waals surface area contributed by atoms with Crippen LogP contribution < -0.4 is 14.8 Å². The molecule has 2 aliphatic heterocycles. The van der Waals surface area contributed by atoms with Crippen molar-refractivity contribution in [1.29, 1.82) is 0 Å². The highest BCUT2D eigenvalue weighted by Crippen LogP contribution is 2.32. The van der Waals surface area contributed by atoms with Gasteiger partial charge in [-0.15, -0.1) is 0 Å². The van der Waals surface area contributed by atoms with Crippen molar-refractivity contribution in [2.45, 2.75) is 25.9 Å². The van der Waals surface area contributed by atoms with E-state index in [0.717, 1.165) is 12.0 Å². The number of aromatic nitrogens is 1. The van der Waals surface area contributed by atoms with E-state index in [9.17, 15) is 14.4 Å². The fraction of sp³-hybridized carbons (Fsp3) is 0.370. The van der Waals surface area contributed by atoms with E-state index in [-0.39, 0.29) is 18.5 Å². The molecule has 3 aromatic rings. The first kappa shape index (κ1) is 23.9. The Morgan fingerprint density at radius 3 is 2.53 bits per heavy atom. The van der Waals surface area contributed by atoms with Gasteiger partial charge in [-0.05, 0) is 30.7 Å². The van der Waals surface area contributed by atoms with Gasteiger partial charge in [0.25, 0.3) is 11.7 Å². The molecule has 0 spiro atoms. The molecule has 1 saturated heterocycles. The molecular weight excluding hydrogens is 462 g/mol. The molecule has 36 heavy (non-hydrogen) atoms. The van der Waals surface area contributed by atoms with Gasteiger partial charge in [-0.2, -0.15) is 0 Å². The largest absolute Gasteiger partial charge is 0.490 e. The lowest BCUT2D eigenvalue weighted by Gasteiger charge is -2.25. The highest BCUT2D eigenvalue weighted by Gasteiger charge is 2.28. The van der Waals surface area contributed by atoms with Gasteiger partial charge < -0.3 is 29.0 Å². The fourth-order valence-electron chi connectivity index (χ4n) is 4.56. The van der Waals surface area contributed by atoms with Crippen LogP contribution in [0.15, 0.2) is 48.7 Å². The number of ketones is 1. The van der Waals surface area contributed by atoms with Crippen LogP contribution in [0.3, 0.4) is 0 Å². The number of rotatable bonds is 6.